The van der Waals surface area contributed by atoms with E-state index in [-0.39, 0.29) is 35.8 Å². The van der Waals surface area contributed by atoms with Crippen LogP contribution in [0, 0.1) is 0 Å². The van der Waals surface area contributed by atoms with E-state index in [2.05, 4.69) is 0 Å². The Morgan fingerprint density at radius 2 is 1.64 bits per heavy atom. The number of ether oxygens (including phenoxy) is 1. The summed E-state index contributed by atoms with van der Waals surface area (Å²) >= 11 is 12.4. The molecule has 4 atom stereocenters. The SMILES string of the molecule is CCOc1cc(C(F)(F)F)ccc1C1=NC(c2ccc(Cl)cc2)C(c2ccc(Cl)cc2)N1C(=O)N1CCC(O)CC1C. The van der Waals surface area contributed by atoms with Gasteiger partial charge in [0, 0.05) is 22.6 Å². The van der Waals surface area contributed by atoms with Crippen molar-refractivity contribution in [3.63, 3.8) is 0 Å². The molecule has 4 unspecified atom stereocenters. The normalized spacial score (nSPS) is 22.7. The first-order valence-electron chi connectivity index (χ1n) is 13.7. The topological polar surface area (TPSA) is 65.4 Å². The number of hydrogen-bond donors (Lipinski definition) is 1. The van der Waals surface area contributed by atoms with Crippen LogP contribution in [0.5, 0.6) is 5.75 Å². The monoisotopic (exact) mass is 619 g/mol. The summed E-state index contributed by atoms with van der Waals surface area (Å²) in [5.74, 6) is 0.160. The molecule has 1 saturated heterocycles. The number of nitrogens with zero attached hydrogens (tertiary/aromatic N) is 3. The molecule has 11 heteroatoms. The molecule has 1 N–H and O–H groups in total. The fourth-order valence-electron chi connectivity index (χ4n) is 5.58. The van der Waals surface area contributed by atoms with Crippen LogP contribution in [0.1, 0.15) is 61.0 Å². The van der Waals surface area contributed by atoms with E-state index in [1.807, 2.05) is 31.2 Å². The summed E-state index contributed by atoms with van der Waals surface area (Å²) in [4.78, 5) is 22.7. The molecule has 2 heterocycles. The van der Waals surface area contributed by atoms with Gasteiger partial charge in [0.15, 0.2) is 0 Å². The second-order valence-corrected chi connectivity index (χ2v) is 11.3. The second kappa shape index (κ2) is 12.1. The standard InChI is InChI=1S/C31H30Cl2F3N3O3/c1-3-42-26-17-21(31(34,35)36)8-13-25(26)29-37-27(19-4-9-22(32)10-5-19)28(20-6-11-23(33)12-7-20)39(29)30(41)38-15-14-24(40)16-18(38)2/h4-13,17-18,24,27-28,40H,3,14-16H2,1-2H3. The van der Waals surface area contributed by atoms with E-state index < -0.39 is 29.9 Å². The number of carbonyl (C=O) groups excluding carboxylic acids is 1. The third kappa shape index (κ3) is 6.09. The number of likely N-dealkylation sites (tertiary alicyclic amines) is 1. The van der Waals surface area contributed by atoms with Crippen LogP contribution < -0.4 is 4.74 Å². The molecule has 0 radical (unpaired) electrons. The van der Waals surface area contributed by atoms with Gasteiger partial charge in [-0.05, 0) is 80.3 Å². The lowest BCUT2D eigenvalue weighted by Gasteiger charge is -2.40. The zero-order valence-electron chi connectivity index (χ0n) is 23.0. The molecule has 2 amide bonds. The number of urea groups is 1. The zero-order chi connectivity index (χ0) is 30.2. The fourth-order valence-corrected chi connectivity index (χ4v) is 5.83. The van der Waals surface area contributed by atoms with Crippen molar-refractivity contribution in [1.82, 2.24) is 9.80 Å². The van der Waals surface area contributed by atoms with Gasteiger partial charge in [0.05, 0.1) is 29.9 Å². The molecule has 3 aromatic carbocycles. The highest BCUT2D eigenvalue weighted by molar-refractivity contribution is 6.30. The quantitative estimate of drug-likeness (QED) is 0.315. The number of amides is 2. The van der Waals surface area contributed by atoms with E-state index >= 15 is 0 Å². The predicted octanol–water partition coefficient (Wildman–Crippen LogP) is 7.92. The van der Waals surface area contributed by atoms with Gasteiger partial charge in [0.25, 0.3) is 0 Å². The number of hydrogen-bond acceptors (Lipinski definition) is 4. The van der Waals surface area contributed by atoms with Gasteiger partial charge < -0.3 is 14.7 Å². The number of amidine groups is 1. The Balaban J connectivity index is 1.71. The maximum atomic E-state index is 14.5. The minimum Gasteiger partial charge on any atom is -0.493 e. The molecule has 5 rings (SSSR count). The Morgan fingerprint density at radius 3 is 2.21 bits per heavy atom. The summed E-state index contributed by atoms with van der Waals surface area (Å²) in [5, 5.41) is 11.3. The van der Waals surface area contributed by atoms with Crippen LogP contribution >= 0.6 is 23.2 Å². The summed E-state index contributed by atoms with van der Waals surface area (Å²) in [6, 6.07) is 15.5. The summed E-state index contributed by atoms with van der Waals surface area (Å²) in [5.41, 5.74) is 0.895. The van der Waals surface area contributed by atoms with E-state index in [0.717, 1.165) is 23.3 Å². The third-order valence-corrected chi connectivity index (χ3v) is 8.14. The van der Waals surface area contributed by atoms with Crippen molar-refractivity contribution < 1.29 is 27.8 Å². The third-order valence-electron chi connectivity index (χ3n) is 7.64. The zero-order valence-corrected chi connectivity index (χ0v) is 24.5. The average Bonchev–Trinajstić information content (AvgIpc) is 3.33. The lowest BCUT2D eigenvalue weighted by atomic mass is 9.93. The van der Waals surface area contributed by atoms with Gasteiger partial charge >= 0.3 is 12.2 Å². The number of alkyl halides is 3. The molecule has 0 aromatic heterocycles. The molecule has 2 aliphatic rings. The average molecular weight is 620 g/mol. The largest absolute Gasteiger partial charge is 0.493 e. The van der Waals surface area contributed by atoms with Crippen LogP contribution in [0.4, 0.5) is 18.0 Å². The highest BCUT2D eigenvalue weighted by atomic mass is 35.5. The van der Waals surface area contributed by atoms with Crippen molar-refractivity contribution in [2.45, 2.75) is 57.1 Å². The number of aliphatic imine (C=N–C) groups is 1. The molecular weight excluding hydrogens is 590 g/mol. The van der Waals surface area contributed by atoms with Gasteiger partial charge in [-0.15, -0.1) is 0 Å². The Hall–Kier alpha value is -3.27. The smallest absolute Gasteiger partial charge is 0.416 e. The first kappa shape index (κ1) is 30.2. The van der Waals surface area contributed by atoms with Crippen LogP contribution in [0.2, 0.25) is 10.0 Å². The molecule has 6 nitrogen and oxygen atoms in total. The maximum Gasteiger partial charge on any atom is 0.416 e. The van der Waals surface area contributed by atoms with Crippen molar-refractivity contribution in [2.75, 3.05) is 13.2 Å². The second-order valence-electron chi connectivity index (χ2n) is 10.5. The molecule has 3 aromatic rings. The highest BCUT2D eigenvalue weighted by Gasteiger charge is 2.46. The summed E-state index contributed by atoms with van der Waals surface area (Å²) < 4.78 is 46.7. The van der Waals surface area contributed by atoms with Crippen molar-refractivity contribution in [3.8, 4) is 5.75 Å². The molecule has 0 spiro atoms. The van der Waals surface area contributed by atoms with Crippen molar-refractivity contribution >= 4 is 35.1 Å². The van der Waals surface area contributed by atoms with E-state index in [9.17, 15) is 23.1 Å². The summed E-state index contributed by atoms with van der Waals surface area (Å²) in [6.45, 7) is 3.97. The van der Waals surface area contributed by atoms with Gasteiger partial charge in [0.1, 0.15) is 17.6 Å². The van der Waals surface area contributed by atoms with Crippen molar-refractivity contribution in [3.05, 3.63) is 99.0 Å². The molecular formula is C31H30Cl2F3N3O3. The Bertz CT molecular complexity index is 1460. The lowest BCUT2D eigenvalue weighted by Crippen LogP contribution is -2.53. The number of halogens is 5. The van der Waals surface area contributed by atoms with Gasteiger partial charge in [0.2, 0.25) is 0 Å². The molecule has 1 fully saturated rings. The van der Waals surface area contributed by atoms with Crippen LogP contribution in [-0.4, -0.2) is 52.1 Å². The van der Waals surface area contributed by atoms with Crippen LogP contribution in [-0.2, 0) is 6.18 Å². The Morgan fingerprint density at radius 1 is 1.02 bits per heavy atom. The molecule has 0 aliphatic carbocycles. The van der Waals surface area contributed by atoms with E-state index in [1.54, 1.807) is 41.0 Å². The van der Waals surface area contributed by atoms with Gasteiger partial charge in [-0.1, -0.05) is 47.5 Å². The molecule has 0 bridgehead atoms. The van der Waals surface area contributed by atoms with E-state index in [1.165, 1.54) is 6.07 Å². The number of rotatable bonds is 5. The van der Waals surface area contributed by atoms with Gasteiger partial charge in [-0.3, -0.25) is 9.89 Å². The maximum absolute atomic E-state index is 14.5. The number of aliphatic hydroxyl groups excluding tert-OH is 1. The summed E-state index contributed by atoms with van der Waals surface area (Å²) in [7, 11) is 0. The minimum atomic E-state index is -4.58. The first-order chi connectivity index (χ1) is 20.0. The van der Waals surface area contributed by atoms with Crippen molar-refractivity contribution in [2.24, 2.45) is 4.99 Å². The minimum absolute atomic E-state index is 0.0300. The number of benzene rings is 3. The lowest BCUT2D eigenvalue weighted by molar-refractivity contribution is -0.137. The first-order valence-corrected chi connectivity index (χ1v) is 14.4. The van der Waals surface area contributed by atoms with Crippen LogP contribution in [0.3, 0.4) is 0 Å². The highest BCUT2D eigenvalue weighted by Crippen LogP contribution is 2.46. The number of aliphatic hydroxyl groups is 1. The Labute approximate surface area is 252 Å². The van der Waals surface area contributed by atoms with Crippen LogP contribution in [0.15, 0.2) is 71.7 Å². The predicted molar refractivity (Wildman–Crippen MR) is 156 cm³/mol. The number of carbonyl (C=O) groups is 1. The Kier molecular flexibility index (Phi) is 8.73. The van der Waals surface area contributed by atoms with Crippen molar-refractivity contribution in [1.29, 1.82) is 0 Å². The molecule has 0 saturated carbocycles. The van der Waals surface area contributed by atoms with Crippen LogP contribution in [0.25, 0.3) is 0 Å². The fraction of sp³-hybridized carbons (Fsp3) is 0.355. The summed E-state index contributed by atoms with van der Waals surface area (Å²) in [6.07, 6.45) is -4.29. The van der Waals surface area contributed by atoms with E-state index in [4.69, 9.17) is 32.9 Å². The van der Waals surface area contributed by atoms with Gasteiger partial charge in [-0.2, -0.15) is 13.2 Å². The van der Waals surface area contributed by atoms with E-state index in [0.29, 0.717) is 29.4 Å². The van der Waals surface area contributed by atoms with Gasteiger partial charge in [-0.25, -0.2) is 4.79 Å². The number of piperidine rings is 1. The molecule has 2 aliphatic heterocycles. The molecule has 42 heavy (non-hydrogen) atoms. The molecule has 222 valence electrons.